The zero-order chi connectivity index (χ0) is 15.2. The quantitative estimate of drug-likeness (QED) is 0.804. The lowest BCUT2D eigenvalue weighted by molar-refractivity contribution is 0.105. The Morgan fingerprint density at radius 2 is 2.14 bits per heavy atom. The van der Waals surface area contributed by atoms with Gasteiger partial charge >= 0.3 is 0 Å². The summed E-state index contributed by atoms with van der Waals surface area (Å²) in [5.41, 5.74) is 0. The summed E-state index contributed by atoms with van der Waals surface area (Å²) in [5, 5.41) is 14.1. The fraction of sp³-hybridized carbons (Fsp3) is 0.600. The van der Waals surface area contributed by atoms with Gasteiger partial charge < -0.3 is 20.1 Å². The number of para-hydroxylation sites is 1. The molecule has 4 nitrogen and oxygen atoms in total. The molecule has 1 heterocycles. The molecule has 1 aliphatic rings. The predicted molar refractivity (Wildman–Crippen MR) is 86.5 cm³/mol. The minimum absolute atomic E-state index is 0.164. The maximum absolute atomic E-state index is 9.94. The van der Waals surface area contributed by atoms with Crippen molar-refractivity contribution in [3.8, 4) is 5.75 Å². The lowest BCUT2D eigenvalue weighted by Crippen LogP contribution is -2.39. The molecule has 118 valence electrons. The second-order valence-electron chi connectivity index (χ2n) is 5.45. The van der Waals surface area contributed by atoms with Crippen LogP contribution in [0, 0.1) is 0 Å². The Bertz CT molecular complexity index is 439. The van der Waals surface area contributed by atoms with E-state index >= 15 is 0 Å². The molecule has 0 radical (unpaired) electrons. The van der Waals surface area contributed by atoms with Gasteiger partial charge in [-0.25, -0.2) is 0 Å². The van der Waals surface area contributed by atoms with Crippen molar-refractivity contribution < 1.29 is 9.84 Å². The van der Waals surface area contributed by atoms with E-state index in [4.69, 9.17) is 27.9 Å². The molecule has 0 amide bonds. The van der Waals surface area contributed by atoms with Crippen LogP contribution in [-0.4, -0.2) is 55.4 Å². The number of nitrogens with one attached hydrogen (secondary N) is 1. The molecule has 0 bridgehead atoms. The third-order valence-electron chi connectivity index (χ3n) is 3.77. The summed E-state index contributed by atoms with van der Waals surface area (Å²) >= 11 is 12.0. The first kappa shape index (κ1) is 16.8. The van der Waals surface area contributed by atoms with Crippen molar-refractivity contribution in [3.63, 3.8) is 0 Å². The van der Waals surface area contributed by atoms with Crippen LogP contribution in [0.3, 0.4) is 0 Å². The molecule has 2 rings (SSSR count). The Balaban J connectivity index is 1.69. The highest BCUT2D eigenvalue weighted by Crippen LogP contribution is 2.32. The first-order chi connectivity index (χ1) is 10.1. The van der Waals surface area contributed by atoms with Crippen molar-refractivity contribution in [2.75, 3.05) is 33.3 Å². The van der Waals surface area contributed by atoms with Crippen LogP contribution in [0.1, 0.15) is 12.8 Å². The lowest BCUT2D eigenvalue weighted by Gasteiger charge is -2.21. The third kappa shape index (κ3) is 5.01. The third-order valence-corrected chi connectivity index (χ3v) is 4.37. The van der Waals surface area contributed by atoms with Gasteiger partial charge in [-0.3, -0.25) is 0 Å². The first-order valence-corrected chi connectivity index (χ1v) is 7.99. The molecule has 6 heteroatoms. The Kier molecular flexibility index (Phi) is 6.58. The molecule has 1 aromatic carbocycles. The number of benzene rings is 1. The highest BCUT2D eigenvalue weighted by atomic mass is 35.5. The van der Waals surface area contributed by atoms with Crippen LogP contribution in [0.4, 0.5) is 0 Å². The number of halogens is 2. The van der Waals surface area contributed by atoms with Crippen molar-refractivity contribution in [1.82, 2.24) is 10.2 Å². The van der Waals surface area contributed by atoms with Gasteiger partial charge in [-0.1, -0.05) is 29.3 Å². The van der Waals surface area contributed by atoms with E-state index in [0.717, 1.165) is 13.1 Å². The number of aliphatic hydroxyl groups is 1. The van der Waals surface area contributed by atoms with Gasteiger partial charge in [0.25, 0.3) is 0 Å². The SMILES string of the molecule is CN1CCCC1CNCC(O)COc1c(Cl)cccc1Cl. The molecule has 21 heavy (non-hydrogen) atoms. The van der Waals surface area contributed by atoms with E-state index in [1.807, 2.05) is 0 Å². The largest absolute Gasteiger partial charge is 0.488 e. The highest BCUT2D eigenvalue weighted by molar-refractivity contribution is 6.37. The molecular formula is C15H22Cl2N2O2. The summed E-state index contributed by atoms with van der Waals surface area (Å²) in [6.45, 7) is 2.70. The van der Waals surface area contributed by atoms with Gasteiger partial charge in [0.05, 0.1) is 10.0 Å². The monoisotopic (exact) mass is 332 g/mol. The number of nitrogens with zero attached hydrogens (tertiary/aromatic N) is 1. The number of hydrogen-bond donors (Lipinski definition) is 2. The van der Waals surface area contributed by atoms with E-state index in [0.29, 0.717) is 28.4 Å². The predicted octanol–water partition coefficient (Wildman–Crippen LogP) is 2.42. The van der Waals surface area contributed by atoms with E-state index in [1.54, 1.807) is 18.2 Å². The van der Waals surface area contributed by atoms with Crippen LogP contribution in [0.25, 0.3) is 0 Å². The van der Waals surface area contributed by atoms with Crippen LogP contribution in [0.5, 0.6) is 5.75 Å². The minimum Gasteiger partial charge on any atom is -0.488 e. The van der Waals surface area contributed by atoms with Crippen LogP contribution < -0.4 is 10.1 Å². The van der Waals surface area contributed by atoms with E-state index in [9.17, 15) is 5.11 Å². The highest BCUT2D eigenvalue weighted by Gasteiger charge is 2.20. The number of likely N-dealkylation sites (N-methyl/N-ethyl adjacent to an activating group) is 1. The lowest BCUT2D eigenvalue weighted by atomic mass is 10.2. The number of aliphatic hydroxyl groups excluding tert-OH is 1. The molecule has 1 aromatic rings. The Morgan fingerprint density at radius 1 is 1.43 bits per heavy atom. The standard InChI is InChI=1S/C15H22Cl2N2O2/c1-19-7-3-4-11(19)8-18-9-12(20)10-21-15-13(16)5-2-6-14(15)17/h2,5-6,11-12,18,20H,3-4,7-10H2,1H3. The molecular weight excluding hydrogens is 311 g/mol. The maximum atomic E-state index is 9.94. The smallest absolute Gasteiger partial charge is 0.156 e. The number of ether oxygens (including phenoxy) is 1. The molecule has 0 aliphatic carbocycles. The second-order valence-corrected chi connectivity index (χ2v) is 6.26. The van der Waals surface area contributed by atoms with E-state index < -0.39 is 6.10 Å². The van der Waals surface area contributed by atoms with Crippen LogP contribution in [-0.2, 0) is 0 Å². The van der Waals surface area contributed by atoms with Gasteiger partial charge in [-0.15, -0.1) is 0 Å². The summed E-state index contributed by atoms with van der Waals surface area (Å²) in [6, 6.07) is 5.75. The molecule has 0 aromatic heterocycles. The van der Waals surface area contributed by atoms with Gasteiger partial charge in [0.15, 0.2) is 5.75 Å². The van der Waals surface area contributed by atoms with Crippen molar-refractivity contribution in [2.24, 2.45) is 0 Å². The van der Waals surface area contributed by atoms with Crippen molar-refractivity contribution in [2.45, 2.75) is 25.0 Å². The van der Waals surface area contributed by atoms with Gasteiger partial charge in [-0.2, -0.15) is 0 Å². The van der Waals surface area contributed by atoms with Crippen molar-refractivity contribution >= 4 is 23.2 Å². The van der Waals surface area contributed by atoms with Gasteiger partial charge in [0.1, 0.15) is 12.7 Å². The number of hydrogen-bond acceptors (Lipinski definition) is 4. The second kappa shape index (κ2) is 8.20. The molecule has 2 N–H and O–H groups in total. The van der Waals surface area contributed by atoms with Gasteiger partial charge in [-0.05, 0) is 38.6 Å². The van der Waals surface area contributed by atoms with E-state index in [1.165, 1.54) is 12.8 Å². The Labute approximate surface area is 136 Å². The summed E-state index contributed by atoms with van der Waals surface area (Å²) in [4.78, 5) is 2.35. The zero-order valence-corrected chi connectivity index (χ0v) is 13.7. The average Bonchev–Trinajstić information content (AvgIpc) is 2.84. The topological polar surface area (TPSA) is 44.7 Å². The van der Waals surface area contributed by atoms with Gasteiger partial charge in [0.2, 0.25) is 0 Å². The van der Waals surface area contributed by atoms with Crippen LogP contribution in [0.15, 0.2) is 18.2 Å². The summed E-state index contributed by atoms with van der Waals surface area (Å²) in [6.07, 6.45) is 1.87. The summed E-state index contributed by atoms with van der Waals surface area (Å²) in [5.74, 6) is 0.426. The summed E-state index contributed by atoms with van der Waals surface area (Å²) < 4.78 is 5.51. The van der Waals surface area contributed by atoms with Crippen LogP contribution >= 0.6 is 23.2 Å². The Morgan fingerprint density at radius 3 is 2.76 bits per heavy atom. The zero-order valence-electron chi connectivity index (χ0n) is 12.2. The van der Waals surface area contributed by atoms with Gasteiger partial charge in [0, 0.05) is 19.1 Å². The molecule has 1 aliphatic heterocycles. The van der Waals surface area contributed by atoms with Crippen molar-refractivity contribution in [1.29, 1.82) is 0 Å². The number of rotatable bonds is 7. The fourth-order valence-corrected chi connectivity index (χ4v) is 3.02. The molecule has 0 spiro atoms. The number of likely N-dealkylation sites (tertiary alicyclic amines) is 1. The molecule has 1 fully saturated rings. The average molecular weight is 333 g/mol. The fourth-order valence-electron chi connectivity index (χ4n) is 2.51. The Hall–Kier alpha value is -0.520. The van der Waals surface area contributed by atoms with E-state index in [-0.39, 0.29) is 6.61 Å². The summed E-state index contributed by atoms with van der Waals surface area (Å²) in [7, 11) is 2.14. The maximum Gasteiger partial charge on any atom is 0.156 e. The van der Waals surface area contributed by atoms with Crippen molar-refractivity contribution in [3.05, 3.63) is 28.2 Å². The molecule has 2 unspecified atom stereocenters. The van der Waals surface area contributed by atoms with E-state index in [2.05, 4.69) is 17.3 Å². The molecule has 0 saturated carbocycles. The normalized spacial score (nSPS) is 20.7. The molecule has 2 atom stereocenters. The minimum atomic E-state index is -0.593. The van der Waals surface area contributed by atoms with Crippen LogP contribution in [0.2, 0.25) is 10.0 Å². The first-order valence-electron chi connectivity index (χ1n) is 7.23. The molecule has 1 saturated heterocycles.